The molecule has 18 nitrogen and oxygen atoms in total. The van der Waals surface area contributed by atoms with Crippen LogP contribution in [0.5, 0.6) is 11.5 Å². The summed E-state index contributed by atoms with van der Waals surface area (Å²) < 4.78 is 138. The van der Waals surface area contributed by atoms with Crippen LogP contribution in [-0.2, 0) is 75.4 Å². The minimum atomic E-state index is -6.09. The molecule has 6 aromatic rings. The van der Waals surface area contributed by atoms with Crippen LogP contribution in [0.25, 0.3) is 0 Å². The van der Waals surface area contributed by atoms with Gasteiger partial charge in [-0.25, -0.2) is 21.6 Å². The Morgan fingerprint density at radius 2 is 0.703 bits per heavy atom. The fraction of sp³-hybridized carbons (Fsp3) is 0.369. The molecule has 6 rings (SSSR count). The van der Waals surface area contributed by atoms with E-state index in [4.69, 9.17) is 23.7 Å². The molecule has 2 amide bonds. The van der Waals surface area contributed by atoms with Gasteiger partial charge in [-0.1, -0.05) is 86.6 Å². The summed E-state index contributed by atoms with van der Waals surface area (Å²) in [6.45, 7) is 19.7. The molecule has 26 heteroatoms. The lowest BCUT2D eigenvalue weighted by Crippen LogP contribution is -2.46. The van der Waals surface area contributed by atoms with Gasteiger partial charge in [0.05, 0.1) is 45.7 Å². The number of hydrogen-bond donors (Lipinski definition) is 2. The van der Waals surface area contributed by atoms with E-state index in [9.17, 15) is 67.5 Å². The maximum Gasteiger partial charge on any atom is 0.514 e. The highest BCUT2D eigenvalue weighted by Crippen LogP contribution is 2.34. The van der Waals surface area contributed by atoms with Gasteiger partial charge in [0.1, 0.15) is 35.9 Å². The van der Waals surface area contributed by atoms with Crippen molar-refractivity contribution in [3.8, 4) is 11.5 Å². The molecule has 0 radical (unpaired) electrons. The fourth-order valence-electron chi connectivity index (χ4n) is 6.78. The van der Waals surface area contributed by atoms with Crippen LogP contribution in [0.2, 0.25) is 0 Å². The maximum atomic E-state index is 12.7. The molecule has 0 aromatic heterocycles. The molecular formula is C65H78F4N2O16S4. The van der Waals surface area contributed by atoms with Crippen molar-refractivity contribution in [2.24, 2.45) is 10.8 Å². The molecule has 496 valence electrons. The van der Waals surface area contributed by atoms with Crippen molar-refractivity contribution in [2.45, 2.75) is 147 Å². The number of ether oxygens (including phenoxy) is 5. The Morgan fingerprint density at radius 1 is 0.429 bits per heavy atom. The minimum Gasteiger partial charge on any atom is -0.743 e. The van der Waals surface area contributed by atoms with Gasteiger partial charge in [-0.2, -0.15) is 17.6 Å². The number of hydrogen-bond acceptors (Lipinski definition) is 16. The molecule has 0 aliphatic carbocycles. The number of rotatable bonds is 22. The highest BCUT2D eigenvalue weighted by atomic mass is 32.2. The van der Waals surface area contributed by atoms with Crippen LogP contribution >= 0.6 is 0 Å². The van der Waals surface area contributed by atoms with E-state index in [1.54, 1.807) is 41.5 Å². The lowest BCUT2D eigenvalue weighted by Gasteiger charge is -2.21. The smallest absolute Gasteiger partial charge is 0.514 e. The third kappa shape index (κ3) is 25.6. The van der Waals surface area contributed by atoms with Crippen LogP contribution in [0.1, 0.15) is 95.9 Å². The number of amides is 2. The molecule has 0 atom stereocenters. The summed E-state index contributed by atoms with van der Waals surface area (Å²) >= 11 is 0. The van der Waals surface area contributed by atoms with Gasteiger partial charge in [-0.3, -0.25) is 19.2 Å². The maximum absolute atomic E-state index is 12.7. The molecule has 0 heterocycles. The summed E-state index contributed by atoms with van der Waals surface area (Å²) in [6.07, 6.45) is 0.287. The lowest BCUT2D eigenvalue weighted by molar-refractivity contribution is -0.155. The zero-order valence-corrected chi connectivity index (χ0v) is 55.9. The van der Waals surface area contributed by atoms with Crippen molar-refractivity contribution in [1.29, 1.82) is 0 Å². The van der Waals surface area contributed by atoms with Crippen LogP contribution < -0.4 is 20.1 Å². The summed E-state index contributed by atoms with van der Waals surface area (Å²) in [5, 5.41) is -7.09. The lowest BCUT2D eigenvalue weighted by atomic mass is 9.91. The first kappa shape index (κ1) is 77.8. The molecule has 91 heavy (non-hydrogen) atoms. The SMILES string of the molecule is CC(C)(C)OC(=O)Oc1ccc([S+](c2ccccc2)c2ccccc2)cc1.CC(C)(C)Oc1ccc([S+](c2ccccc2)c2ccccc2)cc1.CCC(C)(C)C(=O)OCCNC(=O)C(F)(F)S(=O)(=O)[O-].CCC(C)(C)C(=O)OCCNC(=O)C(F)(F)S(=O)(=O)[O-]. The monoisotopic (exact) mass is 1350 g/mol. The fourth-order valence-corrected chi connectivity index (χ4v) is 11.5. The van der Waals surface area contributed by atoms with Gasteiger partial charge >= 0.3 is 40.4 Å². The van der Waals surface area contributed by atoms with E-state index in [-0.39, 0.29) is 27.4 Å². The third-order valence-corrected chi connectivity index (χ3v) is 18.4. The van der Waals surface area contributed by atoms with Crippen LogP contribution in [-0.4, -0.2) is 104 Å². The van der Waals surface area contributed by atoms with Crippen molar-refractivity contribution in [3.05, 3.63) is 170 Å². The highest BCUT2D eigenvalue weighted by Gasteiger charge is 2.47. The molecule has 6 aromatic carbocycles. The summed E-state index contributed by atoms with van der Waals surface area (Å²) in [5.41, 5.74) is -2.27. The molecular weight excluding hydrogens is 1270 g/mol. The van der Waals surface area contributed by atoms with E-state index in [0.717, 1.165) is 10.6 Å². The van der Waals surface area contributed by atoms with E-state index < -0.39 is 103 Å². The molecule has 2 N–H and O–H groups in total. The normalized spacial score (nSPS) is 12.0. The summed E-state index contributed by atoms with van der Waals surface area (Å²) in [5.74, 6) is -4.29. The van der Waals surface area contributed by atoms with E-state index in [0.29, 0.717) is 18.6 Å². The molecule has 0 aliphatic heterocycles. The van der Waals surface area contributed by atoms with Crippen molar-refractivity contribution in [1.82, 2.24) is 10.6 Å². The Bertz CT molecular complexity index is 3340. The summed E-state index contributed by atoms with van der Waals surface area (Å²) in [4.78, 5) is 64.0. The first-order chi connectivity index (χ1) is 42.2. The summed E-state index contributed by atoms with van der Waals surface area (Å²) in [6, 6.07) is 58.3. The second-order valence-electron chi connectivity index (χ2n) is 22.8. The van der Waals surface area contributed by atoms with E-state index in [1.807, 2.05) is 57.2 Å². The second-order valence-corrected chi connectivity index (χ2v) is 29.7. The second kappa shape index (κ2) is 34.3. The number of benzene rings is 6. The number of carbonyl (C=O) groups excluding carboxylic acids is 5. The quantitative estimate of drug-likeness (QED) is 0.0122. The van der Waals surface area contributed by atoms with Crippen molar-refractivity contribution >= 4 is 71.9 Å². The van der Waals surface area contributed by atoms with E-state index >= 15 is 0 Å². The largest absolute Gasteiger partial charge is 0.743 e. The first-order valence-corrected chi connectivity index (χ1v) is 33.5. The Balaban J connectivity index is 0.000000320. The molecule has 0 unspecified atom stereocenters. The van der Waals surface area contributed by atoms with Crippen molar-refractivity contribution in [2.75, 3.05) is 26.3 Å². The molecule has 0 fully saturated rings. The molecule has 0 saturated carbocycles. The predicted molar refractivity (Wildman–Crippen MR) is 336 cm³/mol. The van der Waals surface area contributed by atoms with Gasteiger partial charge in [0.15, 0.2) is 49.6 Å². The van der Waals surface area contributed by atoms with E-state index in [2.05, 4.69) is 154 Å². The topological polar surface area (TPSA) is 270 Å². The molecule has 0 aliphatic rings. The van der Waals surface area contributed by atoms with Crippen molar-refractivity contribution < 1.29 is 91.2 Å². The Labute approximate surface area is 536 Å². The van der Waals surface area contributed by atoms with Gasteiger partial charge in [-0.15, -0.1) is 0 Å². The summed E-state index contributed by atoms with van der Waals surface area (Å²) in [7, 11) is -12.5. The van der Waals surface area contributed by atoms with Gasteiger partial charge in [0, 0.05) is 0 Å². The molecule has 0 saturated heterocycles. The molecule has 0 spiro atoms. The van der Waals surface area contributed by atoms with Crippen LogP contribution in [0.4, 0.5) is 22.4 Å². The van der Waals surface area contributed by atoms with Gasteiger partial charge in [0.2, 0.25) is 0 Å². The van der Waals surface area contributed by atoms with Gasteiger partial charge in [-0.05, 0) is 179 Å². The van der Waals surface area contributed by atoms with Crippen LogP contribution in [0.3, 0.4) is 0 Å². The zero-order chi connectivity index (χ0) is 68.7. The minimum absolute atomic E-state index is 0.102. The molecule has 0 bridgehead atoms. The first-order valence-electron chi connectivity index (χ1n) is 28.2. The highest BCUT2D eigenvalue weighted by molar-refractivity contribution is 7.97. The average Bonchev–Trinajstić information content (AvgIpc) is 0.978. The van der Waals surface area contributed by atoms with E-state index in [1.165, 1.54) is 35.1 Å². The van der Waals surface area contributed by atoms with Gasteiger partial charge in [0.25, 0.3) is 0 Å². The number of halogens is 4. The van der Waals surface area contributed by atoms with Gasteiger partial charge < -0.3 is 43.4 Å². The standard InChI is InChI=1S/C23H23O3S.C22H23OS.2C10H17F2NO6S/c1-23(2,3)26-22(24)25-18-14-16-21(17-15-18)27(19-10-6-4-7-11-19)20-12-8-5-9-13-20;1-22(2,3)23-18-14-16-21(17-15-18)24(19-10-6-4-7-11-19)20-12-8-5-9-13-20;2*1-4-9(2,3)8(15)19-6-5-13-7(14)10(11,12)20(16,17)18/h4-17H,1-3H3;4-17H,1-3H3;2*4-6H2,1-3H3,(H,13,14)(H,16,17,18)/q2*+1;;/p-2. The number of esters is 2. The zero-order valence-electron chi connectivity index (χ0n) is 52.6. The predicted octanol–water partition coefficient (Wildman–Crippen LogP) is 12.5. The van der Waals surface area contributed by atoms with Crippen LogP contribution in [0, 0.1) is 10.8 Å². The van der Waals surface area contributed by atoms with Crippen molar-refractivity contribution in [3.63, 3.8) is 0 Å². The average molecular weight is 1350 g/mol. The Kier molecular flexibility index (Phi) is 29.3. The number of alkyl halides is 4. The number of nitrogens with one attached hydrogen (secondary N) is 2. The van der Waals surface area contributed by atoms with Crippen LogP contribution in [0.15, 0.2) is 199 Å². The number of carbonyl (C=O) groups is 5. The third-order valence-electron chi connectivity index (χ3n) is 12.3. The Hall–Kier alpha value is -7.49. The Morgan fingerprint density at radius 3 is 0.956 bits per heavy atom.